The van der Waals surface area contributed by atoms with Crippen LogP contribution in [0.15, 0.2) is 0 Å². The maximum absolute atomic E-state index is 14.7. The van der Waals surface area contributed by atoms with E-state index in [4.69, 9.17) is 101 Å². The summed E-state index contributed by atoms with van der Waals surface area (Å²) in [5, 5.41) is 94.0. The summed E-state index contributed by atoms with van der Waals surface area (Å²) in [7, 11) is 0. The Kier molecular flexibility index (Phi) is 45.6. The van der Waals surface area contributed by atoms with Crippen molar-refractivity contribution in [3.05, 3.63) is 0 Å². The van der Waals surface area contributed by atoms with E-state index < -0.39 is 163 Å². The van der Waals surface area contributed by atoms with Crippen molar-refractivity contribution in [2.45, 2.75) is 176 Å². The van der Waals surface area contributed by atoms with Crippen LogP contribution in [0.2, 0.25) is 0 Å². The zero-order chi connectivity index (χ0) is 75.7. The molecule has 0 aliphatic heterocycles. The van der Waals surface area contributed by atoms with Gasteiger partial charge in [0.05, 0.1) is 6.54 Å². The monoisotopic (exact) mass is 1420 g/mol. The molecule has 0 rings (SSSR count). The van der Waals surface area contributed by atoms with Crippen molar-refractivity contribution in [2.24, 2.45) is 63.1 Å². The van der Waals surface area contributed by atoms with E-state index in [9.17, 15) is 52.7 Å². The number of amides is 11. The zero-order valence-corrected chi connectivity index (χ0v) is 56.3. The van der Waals surface area contributed by atoms with Crippen molar-refractivity contribution in [1.29, 1.82) is 37.9 Å². The molecule has 0 saturated heterocycles. The summed E-state index contributed by atoms with van der Waals surface area (Å²) < 4.78 is 0. The SMILES string of the molecule is N=C(N)NCCC[C@H](NC(=O)[C@H](CCCNC(=N)N)NC(=O)[C@H](CCCNC(=N)N)NC(=O)[C@H](CCC(N)=O)NC(=O)[C@H](CCCNC(=N)N)NC(=O)[C@H](CCCNC(=N)N)NC(=O)[C@H](CCCCN)NC(=O)[C@H](CCCNC(=N)N)NC(=O)[C@H](CCCNC(=N)N)NC(=O)CN)C(N)=O. The Hall–Kier alpha value is -11.0. The Balaban J connectivity index is 7.59. The maximum atomic E-state index is 14.7. The molecule has 11 amide bonds. The Morgan fingerprint density at radius 2 is 0.440 bits per heavy atom. The third-order valence-electron chi connectivity index (χ3n) is 14.4. The molecule has 0 saturated carbocycles. The first-order chi connectivity index (χ1) is 47.2. The molecular weight excluding hydrogens is 1310 g/mol. The van der Waals surface area contributed by atoms with E-state index in [1.54, 1.807) is 0 Å². The number of hydrogen-bond donors (Lipinski definition) is 34. The highest BCUT2D eigenvalue weighted by atomic mass is 16.2. The van der Waals surface area contributed by atoms with Gasteiger partial charge in [-0.3, -0.25) is 90.6 Å². The lowest BCUT2D eigenvalue weighted by atomic mass is 10.0. The summed E-state index contributed by atoms with van der Waals surface area (Å²) >= 11 is 0. The van der Waals surface area contributed by atoms with E-state index in [-0.39, 0.29) is 173 Å². The summed E-state index contributed by atoms with van der Waals surface area (Å²) in [6.07, 6.45) is -0.850. The lowest BCUT2D eigenvalue weighted by Crippen LogP contribution is -2.60. The third kappa shape index (κ3) is 43.2. The zero-order valence-electron chi connectivity index (χ0n) is 56.3. The minimum Gasteiger partial charge on any atom is -0.370 e. The first kappa shape index (κ1) is 89.0. The predicted molar refractivity (Wildman–Crippen MR) is 371 cm³/mol. The largest absolute Gasteiger partial charge is 0.370 e. The normalized spacial score (nSPS) is 13.3. The van der Waals surface area contributed by atoms with Crippen molar-refractivity contribution in [2.75, 3.05) is 58.9 Å². The molecular formula is C55H110N34O11. The molecule has 0 aromatic heterocycles. The van der Waals surface area contributed by atoms with Gasteiger partial charge in [-0.1, -0.05) is 0 Å². The Morgan fingerprint density at radius 3 is 0.630 bits per heavy atom. The van der Waals surface area contributed by atoms with Crippen LogP contribution in [0.1, 0.15) is 122 Å². The number of guanidine groups is 7. The van der Waals surface area contributed by atoms with Crippen molar-refractivity contribution in [3.8, 4) is 0 Å². The van der Waals surface area contributed by atoms with Gasteiger partial charge in [-0.25, -0.2) is 0 Å². The Morgan fingerprint density at radius 1 is 0.250 bits per heavy atom. The lowest BCUT2D eigenvalue weighted by Gasteiger charge is -2.28. The third-order valence-corrected chi connectivity index (χ3v) is 14.4. The van der Waals surface area contributed by atoms with Gasteiger partial charge in [0.1, 0.15) is 54.4 Å². The highest BCUT2D eigenvalue weighted by Crippen LogP contribution is 2.12. The molecule has 0 aliphatic carbocycles. The van der Waals surface area contributed by atoms with Crippen molar-refractivity contribution >= 4 is 107 Å². The number of carbonyl (C=O) groups is 11. The highest BCUT2D eigenvalue weighted by molar-refractivity contribution is 5.99. The van der Waals surface area contributed by atoms with Crippen molar-refractivity contribution < 1.29 is 52.7 Å². The molecule has 9 atom stereocenters. The van der Waals surface area contributed by atoms with Crippen LogP contribution >= 0.6 is 0 Å². The van der Waals surface area contributed by atoms with E-state index in [0.717, 1.165) is 0 Å². The number of primary amides is 2. The van der Waals surface area contributed by atoms with Crippen LogP contribution in [0.25, 0.3) is 0 Å². The van der Waals surface area contributed by atoms with Gasteiger partial charge in [0.15, 0.2) is 41.7 Å². The lowest BCUT2D eigenvalue weighted by molar-refractivity contribution is -0.136. The maximum Gasteiger partial charge on any atom is 0.243 e. The van der Waals surface area contributed by atoms with Gasteiger partial charge in [0.25, 0.3) is 0 Å². The number of nitrogens with one attached hydrogen (secondary N) is 23. The number of nitrogens with two attached hydrogens (primary N) is 11. The fourth-order valence-electron chi connectivity index (χ4n) is 9.35. The molecule has 0 radical (unpaired) electrons. The second-order valence-corrected chi connectivity index (χ2v) is 22.9. The molecule has 100 heavy (non-hydrogen) atoms. The highest BCUT2D eigenvalue weighted by Gasteiger charge is 2.36. The second-order valence-electron chi connectivity index (χ2n) is 22.9. The smallest absolute Gasteiger partial charge is 0.243 e. The minimum atomic E-state index is -1.72. The number of rotatable bonds is 54. The molecule has 0 heterocycles. The number of carbonyl (C=O) groups excluding carboxylic acids is 11. The molecule has 45 N–H and O–H groups in total. The summed E-state index contributed by atoms with van der Waals surface area (Å²) in [4.78, 5) is 153. The van der Waals surface area contributed by atoms with Gasteiger partial charge in [-0.15, -0.1) is 0 Å². The number of hydrogen-bond acceptors (Lipinski definition) is 20. The van der Waals surface area contributed by atoms with Gasteiger partial charge in [0, 0.05) is 52.2 Å². The molecule has 0 aromatic rings. The average Bonchev–Trinajstić information content (AvgIpc) is 0.865. The Bertz CT molecular complexity index is 2740. The first-order valence-electron chi connectivity index (χ1n) is 32.5. The number of unbranched alkanes of at least 4 members (excludes halogenated alkanes) is 1. The quantitative estimate of drug-likeness (QED) is 0.0153. The summed E-state index contributed by atoms with van der Waals surface area (Å²) in [5.41, 5.74) is 60.7. The average molecular weight is 1420 g/mol. The molecule has 0 aliphatic rings. The summed E-state index contributed by atoms with van der Waals surface area (Å²) in [6, 6.07) is -13.3. The van der Waals surface area contributed by atoms with E-state index in [1.165, 1.54) is 0 Å². The molecule has 0 aromatic carbocycles. The van der Waals surface area contributed by atoms with Crippen molar-refractivity contribution in [3.63, 3.8) is 0 Å². The molecule has 0 unspecified atom stereocenters. The predicted octanol–water partition coefficient (Wildman–Crippen LogP) is -12.0. The first-order valence-corrected chi connectivity index (χ1v) is 32.5. The molecule has 566 valence electrons. The van der Waals surface area contributed by atoms with Gasteiger partial charge < -0.3 is 148 Å². The minimum absolute atomic E-state index is 0.00199. The molecule has 45 nitrogen and oxygen atoms in total. The van der Waals surface area contributed by atoms with Crippen molar-refractivity contribution in [1.82, 2.24) is 85.1 Å². The van der Waals surface area contributed by atoms with E-state index in [1.807, 2.05) is 0 Å². The molecule has 0 bridgehead atoms. The molecule has 0 fully saturated rings. The standard InChI is InChI=1S/C55H110N34O11/c56-20-2-1-10-31(83-44(96)33(14-6-24-77-52(66)67)84-41(93)30(81-39(91)28-57)12-4-22-75-50(62)63)43(95)86-34(15-7-25-78-53(68)69)45(97)87-36(17-9-27-80-55(72)73)47(99)89-37(18-19-38(58)90)48(100)88-35(16-8-26-79-54(70)71)46(98)85-32(13-5-23-76-51(64)65)42(94)82-29(40(59)92)11-3-21-74-49(60)61/h29-37H,1-28,56-57H2,(H2,58,90)(H2,59,92)(H,81,91)(H,82,94)(H,83,96)(H,84,93)(H,85,98)(H,86,95)(H,87,97)(H,88,100)(H,89,99)(H4,60,61,74)(H4,62,63,75)(H4,64,65,76)(H4,66,67,77)(H4,68,69,78)(H4,70,71,79)(H4,72,73,80)/t29-,30-,31-,32-,33-,34-,35-,36-,37-/m0/s1. The van der Waals surface area contributed by atoms with Crippen LogP contribution in [-0.4, -0.2) is 220 Å². The summed E-state index contributed by atoms with van der Waals surface area (Å²) in [5.74, 6) is -13.0. The molecule has 45 heteroatoms. The van der Waals surface area contributed by atoms with Gasteiger partial charge in [-0.2, -0.15) is 0 Å². The van der Waals surface area contributed by atoms with Gasteiger partial charge in [-0.05, 0) is 122 Å². The van der Waals surface area contributed by atoms with E-state index in [2.05, 4.69) is 85.1 Å². The topological polar surface area (TPSA) is 833 Å². The second kappa shape index (κ2) is 51.2. The van der Waals surface area contributed by atoms with Crippen LogP contribution < -0.4 is 148 Å². The van der Waals surface area contributed by atoms with Crippen LogP contribution in [0.3, 0.4) is 0 Å². The fraction of sp³-hybridized carbons (Fsp3) is 0.673. The van der Waals surface area contributed by atoms with E-state index in [0.29, 0.717) is 6.42 Å². The molecule has 0 spiro atoms. The van der Waals surface area contributed by atoms with Crippen LogP contribution in [0.5, 0.6) is 0 Å². The fourth-order valence-corrected chi connectivity index (χ4v) is 9.35. The van der Waals surface area contributed by atoms with Crippen LogP contribution in [0.4, 0.5) is 0 Å². The van der Waals surface area contributed by atoms with Crippen LogP contribution in [-0.2, 0) is 52.7 Å². The van der Waals surface area contributed by atoms with Crippen LogP contribution in [0, 0.1) is 37.9 Å². The van der Waals surface area contributed by atoms with Gasteiger partial charge >= 0.3 is 0 Å². The van der Waals surface area contributed by atoms with Gasteiger partial charge in [0.2, 0.25) is 65.0 Å². The van der Waals surface area contributed by atoms with E-state index >= 15 is 0 Å². The summed E-state index contributed by atoms with van der Waals surface area (Å²) in [6.45, 7) is -0.0130. The Labute approximate surface area is 579 Å².